The van der Waals surface area contributed by atoms with E-state index in [-0.39, 0.29) is 11.1 Å². The average molecular weight is 1110 g/mol. The monoisotopic (exact) mass is 1110 g/mol. The summed E-state index contributed by atoms with van der Waals surface area (Å²) in [7, 11) is 1.66. The van der Waals surface area contributed by atoms with Crippen LogP contribution in [0.1, 0.15) is 172 Å². The summed E-state index contributed by atoms with van der Waals surface area (Å²) in [6.07, 6.45) is 7.57. The van der Waals surface area contributed by atoms with Crippen LogP contribution in [-0.2, 0) is 26.2 Å². The molecule has 0 N–H and O–H groups in total. The molecule has 0 aliphatic carbocycles. The fourth-order valence-corrected chi connectivity index (χ4v) is 9.19. The third-order valence-corrected chi connectivity index (χ3v) is 14.5. The van der Waals surface area contributed by atoms with Gasteiger partial charge in [-0.05, 0) is 150 Å². The highest BCUT2D eigenvalue weighted by atomic mass is 16.5. The number of fused-ring (bicyclic) bond motifs is 1. The summed E-state index contributed by atoms with van der Waals surface area (Å²) in [4.78, 5) is 27.8. The van der Waals surface area contributed by atoms with Crippen molar-refractivity contribution in [2.75, 3.05) is 7.11 Å². The minimum absolute atomic E-state index is 0.00232. The number of aromatic nitrogens is 7. The van der Waals surface area contributed by atoms with Gasteiger partial charge in [0.1, 0.15) is 5.75 Å². The van der Waals surface area contributed by atoms with Crippen molar-refractivity contribution < 1.29 is 4.74 Å². The van der Waals surface area contributed by atoms with Gasteiger partial charge in [-0.15, -0.1) is 0 Å². The summed E-state index contributed by atoms with van der Waals surface area (Å²) in [6.45, 7) is 33.0. The van der Waals surface area contributed by atoms with Crippen LogP contribution < -0.4 is 15.9 Å². The maximum Gasteiger partial charge on any atom is 0.250 e. The van der Waals surface area contributed by atoms with Crippen molar-refractivity contribution in [1.82, 2.24) is 33.7 Å². The van der Waals surface area contributed by atoms with Crippen molar-refractivity contribution in [2.24, 2.45) is 0 Å². The molecule has 10 nitrogen and oxygen atoms in total. The first kappa shape index (κ1) is 63.8. The molecule has 5 aromatic heterocycles. The van der Waals surface area contributed by atoms with Crippen LogP contribution in [0.15, 0.2) is 198 Å². The van der Waals surface area contributed by atoms with Gasteiger partial charge in [-0.1, -0.05) is 178 Å². The Morgan fingerprint density at radius 1 is 0.458 bits per heavy atom. The number of hydrogen-bond donors (Lipinski definition) is 0. The Kier molecular flexibility index (Phi) is 24.0. The lowest BCUT2D eigenvalue weighted by Gasteiger charge is -2.13. The Hall–Kier alpha value is -8.37. The summed E-state index contributed by atoms with van der Waals surface area (Å²) in [6, 6.07) is 55.5. The van der Waals surface area contributed by atoms with Crippen LogP contribution in [0.2, 0.25) is 0 Å². The number of nitrogens with zero attached hydrogens (tertiary/aromatic N) is 7. The van der Waals surface area contributed by atoms with E-state index in [4.69, 9.17) is 4.74 Å². The second-order valence-corrected chi connectivity index (χ2v) is 23.1. The Labute approximate surface area is 494 Å². The molecule has 0 bridgehead atoms. The Morgan fingerprint density at radius 2 is 0.928 bits per heavy atom. The number of rotatable bonds is 14. The Morgan fingerprint density at radius 3 is 1.39 bits per heavy atom. The van der Waals surface area contributed by atoms with Gasteiger partial charge in [-0.25, -0.2) is 0 Å². The molecule has 0 saturated heterocycles. The third kappa shape index (κ3) is 19.9. The molecule has 434 valence electrons. The van der Waals surface area contributed by atoms with Crippen LogP contribution >= 0.6 is 0 Å². The van der Waals surface area contributed by atoms with E-state index in [0.717, 1.165) is 46.9 Å². The molecule has 0 aliphatic heterocycles. The van der Waals surface area contributed by atoms with Crippen molar-refractivity contribution in [3.8, 4) is 5.75 Å². The lowest BCUT2D eigenvalue weighted by molar-refractivity contribution is 0.407. The highest BCUT2D eigenvalue weighted by Crippen LogP contribution is 2.26. The number of hydrogen-bond acceptors (Lipinski definition) is 6. The summed E-state index contributed by atoms with van der Waals surface area (Å²) in [5.41, 5.74) is 17.2. The first-order chi connectivity index (χ1) is 39.6. The van der Waals surface area contributed by atoms with Crippen molar-refractivity contribution in [2.45, 2.75) is 153 Å². The first-order valence-corrected chi connectivity index (χ1v) is 29.3. The minimum Gasteiger partial charge on any atom is -0.496 e. The summed E-state index contributed by atoms with van der Waals surface area (Å²) < 4.78 is 12.8. The highest BCUT2D eigenvalue weighted by molar-refractivity contribution is 5.79. The molecular formula is C73H89N7O3. The van der Waals surface area contributed by atoms with E-state index in [1.807, 2.05) is 55.2 Å². The zero-order valence-corrected chi connectivity index (χ0v) is 52.0. The normalized spacial score (nSPS) is 10.9. The summed E-state index contributed by atoms with van der Waals surface area (Å²) >= 11 is 0. The molecule has 83 heavy (non-hydrogen) atoms. The molecule has 0 saturated carbocycles. The molecule has 5 aromatic carbocycles. The number of pyridine rings is 3. The van der Waals surface area contributed by atoms with E-state index >= 15 is 0 Å². The van der Waals surface area contributed by atoms with Gasteiger partial charge in [-0.2, -0.15) is 10.2 Å². The van der Waals surface area contributed by atoms with E-state index in [0.29, 0.717) is 42.7 Å². The number of ether oxygens (including phenoxy) is 1. The SMILES string of the molecule is CC(C)c1ccc(Cn2ccccc2=O)cc1.COc1cc(C(C)C)ccc1Cn1ccccc1=O.Cc1cc(C)n(Cc2ccc(C(C)C)cc2)n1.Cc1ccc2cc(C(C)C)ccc2n1.Cc1cnn(Cc2ccc(C(C)C)cc2)c1. The molecule has 0 unspecified atom stereocenters. The van der Waals surface area contributed by atoms with Crippen molar-refractivity contribution >= 4 is 10.9 Å². The van der Waals surface area contributed by atoms with Gasteiger partial charge in [0.2, 0.25) is 0 Å². The molecule has 10 aromatic rings. The zero-order valence-electron chi connectivity index (χ0n) is 52.0. The van der Waals surface area contributed by atoms with Gasteiger partial charge in [0.15, 0.2) is 0 Å². The predicted octanol–water partition coefficient (Wildman–Crippen LogP) is 16.8. The second-order valence-electron chi connectivity index (χ2n) is 23.1. The minimum atomic E-state index is -0.00232. The quantitative estimate of drug-likeness (QED) is 0.107. The largest absolute Gasteiger partial charge is 0.496 e. The van der Waals surface area contributed by atoms with E-state index in [1.54, 1.807) is 46.7 Å². The molecule has 0 fully saturated rings. The average Bonchev–Trinajstić information content (AvgIpc) is 4.21. The van der Waals surface area contributed by atoms with E-state index in [1.165, 1.54) is 55.6 Å². The van der Waals surface area contributed by atoms with Crippen molar-refractivity contribution in [1.29, 1.82) is 0 Å². The maximum atomic E-state index is 11.7. The Bertz CT molecular complexity index is 3690. The topological polar surface area (TPSA) is 102 Å². The number of benzene rings is 5. The molecular weight excluding hydrogens is 1020 g/mol. The van der Waals surface area contributed by atoms with E-state index in [9.17, 15) is 9.59 Å². The zero-order chi connectivity index (χ0) is 60.2. The smallest absolute Gasteiger partial charge is 0.250 e. The number of methoxy groups -OCH3 is 1. The van der Waals surface area contributed by atoms with Crippen molar-refractivity contribution in [3.63, 3.8) is 0 Å². The van der Waals surface area contributed by atoms with Crippen LogP contribution in [0.3, 0.4) is 0 Å². The maximum absolute atomic E-state index is 11.7. The van der Waals surface area contributed by atoms with Gasteiger partial charge >= 0.3 is 0 Å². The lowest BCUT2D eigenvalue weighted by Crippen LogP contribution is -2.18. The Balaban J connectivity index is 0.000000167. The molecule has 10 heteroatoms. The summed E-state index contributed by atoms with van der Waals surface area (Å²) in [5, 5.41) is 10.0. The fourth-order valence-electron chi connectivity index (χ4n) is 9.19. The molecule has 0 amide bonds. The van der Waals surface area contributed by atoms with Crippen LogP contribution in [0, 0.1) is 27.7 Å². The van der Waals surface area contributed by atoms with Gasteiger partial charge in [0.25, 0.3) is 11.1 Å². The van der Waals surface area contributed by atoms with Gasteiger partial charge < -0.3 is 13.9 Å². The van der Waals surface area contributed by atoms with Crippen LogP contribution in [0.5, 0.6) is 5.75 Å². The van der Waals surface area contributed by atoms with Gasteiger partial charge in [0.05, 0.1) is 50.7 Å². The molecule has 0 radical (unpaired) electrons. The molecule has 0 aliphatic rings. The molecule has 0 spiro atoms. The predicted molar refractivity (Wildman–Crippen MR) is 346 cm³/mol. The van der Waals surface area contributed by atoms with Crippen LogP contribution in [-0.4, -0.2) is 40.8 Å². The number of aryl methyl sites for hydroxylation is 4. The van der Waals surface area contributed by atoms with Crippen molar-refractivity contribution in [3.05, 3.63) is 282 Å². The second kappa shape index (κ2) is 31.2. The highest BCUT2D eigenvalue weighted by Gasteiger charge is 2.09. The van der Waals surface area contributed by atoms with E-state index < -0.39 is 0 Å². The van der Waals surface area contributed by atoms with Crippen LogP contribution in [0.4, 0.5) is 0 Å². The first-order valence-electron chi connectivity index (χ1n) is 29.3. The van der Waals surface area contributed by atoms with Crippen LogP contribution in [0.25, 0.3) is 10.9 Å². The molecule has 5 heterocycles. The lowest BCUT2D eigenvalue weighted by atomic mass is 10.0. The molecule has 0 atom stereocenters. The third-order valence-electron chi connectivity index (χ3n) is 14.5. The molecule has 10 rings (SSSR count). The van der Waals surface area contributed by atoms with Gasteiger partial charge in [0, 0.05) is 53.1 Å². The van der Waals surface area contributed by atoms with Gasteiger partial charge in [-0.3, -0.25) is 23.9 Å². The van der Waals surface area contributed by atoms with E-state index in [2.05, 4.69) is 224 Å². The summed E-state index contributed by atoms with van der Waals surface area (Å²) in [5.74, 6) is 3.62. The standard InChI is InChI=1S/C16H19NO2.C15H20N2.C15H17NO.C14H18N2.C13H15N/c1-12(2)13-7-8-14(15(10-13)19-3)11-17-9-5-4-6-16(17)18;1-11(2)15-7-5-14(6-8-15)10-17-13(4)9-12(3)16-17;1-12(2)14-8-6-13(7-9-14)11-16-10-4-3-5-15(16)17;1-11(2)14-6-4-13(5-7-14)10-16-9-12(3)8-15-16;1-9(2)11-6-7-13-12(8-11)5-4-10(3)14-13/h4-10,12H,11H2,1-3H3;5-9,11H,10H2,1-4H3;3-10,12H,11H2,1-2H3;4-9,11H,10H2,1-3H3;4-9H,1-3H3. The fraction of sp³-hybridized carbons (Fsp3) is 0.329.